The van der Waals surface area contributed by atoms with E-state index in [1.807, 2.05) is 20.8 Å². The molecule has 1 aliphatic rings. The molecule has 1 rings (SSSR count). The van der Waals surface area contributed by atoms with Crippen molar-refractivity contribution in [3.8, 4) is 0 Å². The van der Waals surface area contributed by atoms with Crippen LogP contribution in [-0.2, 0) is 4.79 Å². The van der Waals surface area contributed by atoms with Gasteiger partial charge in [0.1, 0.15) is 6.04 Å². The average molecular weight is 270 g/mol. The molecule has 19 heavy (non-hydrogen) atoms. The Morgan fingerprint density at radius 3 is 2.42 bits per heavy atom. The first kappa shape index (κ1) is 15.8. The number of carboxylic acids is 1. The van der Waals surface area contributed by atoms with Gasteiger partial charge >= 0.3 is 12.0 Å². The second-order valence-corrected chi connectivity index (χ2v) is 6.61. The van der Waals surface area contributed by atoms with Crippen LogP contribution in [0.1, 0.15) is 47.0 Å². The van der Waals surface area contributed by atoms with Crippen molar-refractivity contribution in [2.24, 2.45) is 11.3 Å². The van der Waals surface area contributed by atoms with Crippen molar-refractivity contribution in [3.05, 3.63) is 0 Å². The predicted octanol–water partition coefficient (Wildman–Crippen LogP) is 2.32. The number of nitrogens with zero attached hydrogens (tertiary/aromatic N) is 1. The van der Waals surface area contributed by atoms with Gasteiger partial charge in [0.05, 0.1) is 0 Å². The molecule has 0 bridgehead atoms. The molecule has 5 nitrogen and oxygen atoms in total. The first-order valence-electron chi connectivity index (χ1n) is 7.00. The van der Waals surface area contributed by atoms with E-state index in [9.17, 15) is 14.7 Å². The quantitative estimate of drug-likeness (QED) is 0.809. The van der Waals surface area contributed by atoms with Gasteiger partial charge in [0, 0.05) is 13.1 Å². The zero-order chi connectivity index (χ0) is 14.6. The zero-order valence-corrected chi connectivity index (χ0v) is 12.4. The summed E-state index contributed by atoms with van der Waals surface area (Å²) in [6.07, 6.45) is 3.11. The molecule has 0 radical (unpaired) electrons. The van der Waals surface area contributed by atoms with Gasteiger partial charge in [-0.05, 0) is 30.6 Å². The van der Waals surface area contributed by atoms with Crippen molar-refractivity contribution in [3.63, 3.8) is 0 Å². The monoisotopic (exact) mass is 270 g/mol. The molecule has 1 unspecified atom stereocenters. The van der Waals surface area contributed by atoms with Gasteiger partial charge in [-0.15, -0.1) is 0 Å². The minimum absolute atomic E-state index is 0.253. The number of urea groups is 1. The smallest absolute Gasteiger partial charge is 0.326 e. The largest absolute Gasteiger partial charge is 0.480 e. The zero-order valence-electron chi connectivity index (χ0n) is 12.4. The number of carbonyl (C=O) groups is 2. The highest BCUT2D eigenvalue weighted by Crippen LogP contribution is 2.21. The van der Waals surface area contributed by atoms with Crippen LogP contribution in [0.2, 0.25) is 0 Å². The van der Waals surface area contributed by atoms with Crippen LogP contribution in [0.3, 0.4) is 0 Å². The van der Waals surface area contributed by atoms with Crippen LogP contribution in [0.15, 0.2) is 0 Å². The van der Waals surface area contributed by atoms with Crippen LogP contribution in [0.4, 0.5) is 4.79 Å². The normalized spacial score (nSPS) is 22.5. The Morgan fingerprint density at radius 2 is 1.89 bits per heavy atom. The summed E-state index contributed by atoms with van der Waals surface area (Å²) in [5, 5.41) is 11.9. The molecule has 0 aliphatic carbocycles. The second-order valence-electron chi connectivity index (χ2n) is 6.61. The van der Waals surface area contributed by atoms with E-state index in [0.717, 1.165) is 19.3 Å². The maximum absolute atomic E-state index is 12.2. The van der Waals surface area contributed by atoms with E-state index in [1.165, 1.54) is 0 Å². The minimum Gasteiger partial charge on any atom is -0.480 e. The third kappa shape index (κ3) is 4.73. The summed E-state index contributed by atoms with van der Waals surface area (Å²) >= 11 is 0. The molecule has 2 N–H and O–H groups in total. The Kier molecular flexibility index (Phi) is 5.20. The van der Waals surface area contributed by atoms with Crippen LogP contribution in [0.5, 0.6) is 0 Å². The Bertz CT molecular complexity index is 336. The van der Waals surface area contributed by atoms with E-state index in [-0.39, 0.29) is 6.03 Å². The third-order valence-corrected chi connectivity index (χ3v) is 3.68. The fourth-order valence-electron chi connectivity index (χ4n) is 2.33. The van der Waals surface area contributed by atoms with Gasteiger partial charge in [-0.1, -0.05) is 27.7 Å². The van der Waals surface area contributed by atoms with Gasteiger partial charge in [-0.25, -0.2) is 9.59 Å². The van der Waals surface area contributed by atoms with E-state index >= 15 is 0 Å². The lowest BCUT2D eigenvalue weighted by Gasteiger charge is -2.30. The van der Waals surface area contributed by atoms with Gasteiger partial charge in [0.2, 0.25) is 0 Å². The molecule has 1 saturated heterocycles. The maximum atomic E-state index is 12.2. The van der Waals surface area contributed by atoms with Crippen LogP contribution < -0.4 is 5.32 Å². The van der Waals surface area contributed by atoms with Crippen LogP contribution >= 0.6 is 0 Å². The average Bonchev–Trinajstić information content (AvgIpc) is 2.48. The Morgan fingerprint density at radius 1 is 1.26 bits per heavy atom. The van der Waals surface area contributed by atoms with Crippen molar-refractivity contribution in [2.45, 2.75) is 53.0 Å². The van der Waals surface area contributed by atoms with Gasteiger partial charge in [-0.2, -0.15) is 0 Å². The predicted molar refractivity (Wildman–Crippen MR) is 74.0 cm³/mol. The lowest BCUT2D eigenvalue weighted by molar-refractivity contribution is -0.142. The highest BCUT2D eigenvalue weighted by molar-refractivity contribution is 5.83. The molecule has 1 heterocycles. The topological polar surface area (TPSA) is 69.6 Å². The molecule has 0 spiro atoms. The van der Waals surface area contributed by atoms with E-state index in [1.54, 1.807) is 4.90 Å². The van der Waals surface area contributed by atoms with E-state index < -0.39 is 17.4 Å². The Labute approximate surface area is 115 Å². The molecule has 1 fully saturated rings. The lowest BCUT2D eigenvalue weighted by atomic mass is 9.87. The summed E-state index contributed by atoms with van der Waals surface area (Å²) < 4.78 is 0. The summed E-state index contributed by atoms with van der Waals surface area (Å²) in [5.41, 5.74) is -0.499. The lowest BCUT2D eigenvalue weighted by Crippen LogP contribution is -2.53. The molecule has 110 valence electrons. The Hall–Kier alpha value is -1.26. The molecule has 1 aliphatic heterocycles. The number of carboxylic acid groups (broad SMARTS) is 1. The summed E-state index contributed by atoms with van der Waals surface area (Å²) in [7, 11) is 0. The number of rotatable bonds is 2. The van der Waals surface area contributed by atoms with Gasteiger partial charge in [-0.3, -0.25) is 0 Å². The van der Waals surface area contributed by atoms with Crippen molar-refractivity contribution in [2.75, 3.05) is 13.1 Å². The molecule has 0 saturated carbocycles. The van der Waals surface area contributed by atoms with E-state index in [4.69, 9.17) is 0 Å². The SMILES string of the molecule is CC1CCCN(C(=O)N[C@H](C(=O)O)C(C)(C)C)CC1. The first-order chi connectivity index (χ1) is 8.71. The molecule has 2 amide bonds. The molecule has 2 atom stereocenters. The molecule has 5 heteroatoms. The summed E-state index contributed by atoms with van der Waals surface area (Å²) in [4.78, 5) is 25.2. The van der Waals surface area contributed by atoms with E-state index in [2.05, 4.69) is 12.2 Å². The van der Waals surface area contributed by atoms with Gasteiger partial charge < -0.3 is 15.3 Å². The molecular formula is C14H26N2O3. The third-order valence-electron chi connectivity index (χ3n) is 3.68. The molecule has 0 aromatic heterocycles. The standard InChI is InChI=1S/C14H26N2O3/c1-10-6-5-8-16(9-7-10)13(19)15-11(12(17)18)14(2,3)4/h10-11H,5-9H2,1-4H3,(H,15,19)(H,17,18)/t10?,11-/m1/s1. The van der Waals surface area contributed by atoms with Crippen LogP contribution in [0.25, 0.3) is 0 Å². The van der Waals surface area contributed by atoms with E-state index in [0.29, 0.717) is 19.0 Å². The number of likely N-dealkylation sites (tertiary alicyclic amines) is 1. The first-order valence-corrected chi connectivity index (χ1v) is 7.00. The molecule has 0 aromatic rings. The van der Waals surface area contributed by atoms with Crippen molar-refractivity contribution in [1.29, 1.82) is 0 Å². The highest BCUT2D eigenvalue weighted by atomic mass is 16.4. The van der Waals surface area contributed by atoms with Crippen molar-refractivity contribution >= 4 is 12.0 Å². The number of amides is 2. The fourth-order valence-corrected chi connectivity index (χ4v) is 2.33. The van der Waals surface area contributed by atoms with Crippen molar-refractivity contribution in [1.82, 2.24) is 10.2 Å². The van der Waals surface area contributed by atoms with Crippen LogP contribution in [-0.4, -0.2) is 41.1 Å². The molecule has 0 aromatic carbocycles. The summed E-state index contributed by atoms with van der Waals surface area (Å²) in [6.45, 7) is 9.07. The highest BCUT2D eigenvalue weighted by Gasteiger charge is 2.33. The van der Waals surface area contributed by atoms with Crippen molar-refractivity contribution < 1.29 is 14.7 Å². The summed E-state index contributed by atoms with van der Waals surface area (Å²) in [5.74, 6) is -0.347. The minimum atomic E-state index is -0.982. The number of hydrogen-bond donors (Lipinski definition) is 2. The number of aliphatic carboxylic acids is 1. The second kappa shape index (κ2) is 6.26. The Balaban J connectivity index is 2.64. The maximum Gasteiger partial charge on any atom is 0.326 e. The number of carbonyl (C=O) groups excluding carboxylic acids is 1. The number of hydrogen-bond acceptors (Lipinski definition) is 2. The van der Waals surface area contributed by atoms with Gasteiger partial charge in [0.15, 0.2) is 0 Å². The van der Waals surface area contributed by atoms with Gasteiger partial charge in [0.25, 0.3) is 0 Å². The molecular weight excluding hydrogens is 244 g/mol. The fraction of sp³-hybridized carbons (Fsp3) is 0.857. The van der Waals surface area contributed by atoms with Crippen LogP contribution in [0, 0.1) is 11.3 Å². The summed E-state index contributed by atoms with van der Waals surface area (Å²) in [6, 6.07) is -1.11. The number of nitrogens with one attached hydrogen (secondary N) is 1.